The summed E-state index contributed by atoms with van der Waals surface area (Å²) in [5.74, 6) is -1.60. The third kappa shape index (κ3) is 19.3. The summed E-state index contributed by atoms with van der Waals surface area (Å²) in [7, 11) is 0. The number of carbonyl (C=O) groups excluding carboxylic acids is 9. The summed E-state index contributed by atoms with van der Waals surface area (Å²) >= 11 is 0. The minimum absolute atomic E-state index is 0.0731. The van der Waals surface area contributed by atoms with E-state index in [1.54, 1.807) is 46.7 Å². The van der Waals surface area contributed by atoms with Gasteiger partial charge in [0.2, 0.25) is 29.5 Å². The van der Waals surface area contributed by atoms with Crippen LogP contribution in [0.3, 0.4) is 0 Å². The molecular weight excluding hydrogens is 1270 g/mol. The van der Waals surface area contributed by atoms with Gasteiger partial charge in [0.05, 0.1) is 82.4 Å². The van der Waals surface area contributed by atoms with Gasteiger partial charge in [-0.15, -0.1) is 0 Å². The molecule has 4 aliphatic heterocycles. The summed E-state index contributed by atoms with van der Waals surface area (Å²) in [4.78, 5) is 136. The molecule has 24 nitrogen and oxygen atoms in total. The molecule has 0 saturated carbocycles. The maximum Gasteiger partial charge on any atom is 0.257 e. The van der Waals surface area contributed by atoms with Crippen LogP contribution in [0.25, 0.3) is 0 Å². The van der Waals surface area contributed by atoms with Crippen LogP contribution >= 0.6 is 0 Å². The minimum atomic E-state index is -1.30. The van der Waals surface area contributed by atoms with Crippen LogP contribution in [0.15, 0.2) is 140 Å². The highest BCUT2D eigenvalue weighted by Crippen LogP contribution is 2.40. The fraction of sp³-hybridized carbons (Fsp3) is 0.408. The molecule has 1 atom stereocenters. The van der Waals surface area contributed by atoms with Crippen molar-refractivity contribution in [2.24, 2.45) is 11.8 Å². The molecule has 0 radical (unpaired) electrons. The number of rotatable bonds is 31. The molecule has 100 heavy (non-hydrogen) atoms. The van der Waals surface area contributed by atoms with E-state index in [1.807, 2.05) is 94.3 Å². The number of nitrogens with one attached hydrogen (secondary N) is 7. The fourth-order valence-corrected chi connectivity index (χ4v) is 13.5. The van der Waals surface area contributed by atoms with Crippen molar-refractivity contribution in [3.05, 3.63) is 180 Å². The first-order valence-electron chi connectivity index (χ1n) is 36.2. The van der Waals surface area contributed by atoms with E-state index in [0.29, 0.717) is 75.5 Å². The number of amides is 9. The van der Waals surface area contributed by atoms with E-state index < -0.39 is 31.0 Å². The van der Waals surface area contributed by atoms with Crippen LogP contribution in [-0.2, 0) is 56.4 Å². The Morgan fingerprint density at radius 1 is 0.510 bits per heavy atom. The largest absolute Gasteiger partial charge is 0.354 e. The molecule has 9 amide bonds. The maximum atomic E-state index is 14.0. The van der Waals surface area contributed by atoms with E-state index in [-0.39, 0.29) is 105 Å². The highest BCUT2D eigenvalue weighted by molar-refractivity contribution is 6.19. The lowest BCUT2D eigenvalue weighted by Gasteiger charge is -2.33. The van der Waals surface area contributed by atoms with E-state index in [1.165, 1.54) is 18.2 Å². The topological polar surface area (TPSA) is 286 Å². The van der Waals surface area contributed by atoms with E-state index in [9.17, 15) is 43.2 Å². The third-order valence-corrected chi connectivity index (χ3v) is 19.0. The average molecular weight is 1360 g/mol. The molecule has 2 aromatic heterocycles. The van der Waals surface area contributed by atoms with Gasteiger partial charge in [0.1, 0.15) is 0 Å². The van der Waals surface area contributed by atoms with Crippen LogP contribution in [0, 0.1) is 11.8 Å². The van der Waals surface area contributed by atoms with Gasteiger partial charge in [-0.05, 0) is 162 Å². The number of anilines is 6. The highest BCUT2D eigenvalue weighted by atomic mass is 16.2. The van der Waals surface area contributed by atoms with Crippen molar-refractivity contribution in [3.63, 3.8) is 0 Å². The van der Waals surface area contributed by atoms with Crippen molar-refractivity contribution in [1.82, 2.24) is 55.5 Å². The number of hydrogen-bond donors (Lipinski definition) is 7. The lowest BCUT2D eigenvalue weighted by Crippen LogP contribution is -2.42. The second kappa shape index (κ2) is 34.9. The van der Waals surface area contributed by atoms with E-state index in [0.717, 1.165) is 115 Å². The fourth-order valence-electron chi connectivity index (χ4n) is 13.5. The van der Waals surface area contributed by atoms with Gasteiger partial charge < -0.3 is 46.4 Å². The molecule has 2 fully saturated rings. The number of fused-ring (bicyclic) bond motifs is 4. The maximum absolute atomic E-state index is 14.0. The van der Waals surface area contributed by atoms with E-state index in [4.69, 9.17) is 2.74 Å². The lowest BCUT2D eigenvalue weighted by molar-refractivity contribution is -0.121. The third-order valence-electron chi connectivity index (χ3n) is 19.0. The predicted molar refractivity (Wildman–Crippen MR) is 382 cm³/mol. The Morgan fingerprint density at radius 2 is 0.930 bits per heavy atom. The van der Waals surface area contributed by atoms with E-state index >= 15 is 0 Å². The smallest absolute Gasteiger partial charge is 0.257 e. The zero-order valence-electron chi connectivity index (χ0n) is 58.6. The van der Waals surface area contributed by atoms with Gasteiger partial charge >= 0.3 is 0 Å². The zero-order valence-corrected chi connectivity index (χ0v) is 56.6. The van der Waals surface area contributed by atoms with Crippen LogP contribution in [0.4, 0.5) is 34.1 Å². The Balaban J connectivity index is 0.537. The summed E-state index contributed by atoms with van der Waals surface area (Å²) in [6.45, 7) is 5.38. The van der Waals surface area contributed by atoms with Crippen molar-refractivity contribution in [2.75, 3.05) is 85.9 Å². The number of hydrogen-bond acceptors (Lipinski definition) is 13. The molecule has 0 aliphatic carbocycles. The summed E-state index contributed by atoms with van der Waals surface area (Å²) in [6.07, 6.45) is 17.8. The first-order chi connectivity index (χ1) is 49.6. The van der Waals surface area contributed by atoms with Gasteiger partial charge in [-0.1, -0.05) is 81.1 Å². The van der Waals surface area contributed by atoms with Crippen LogP contribution in [0.2, 0.25) is 0 Å². The number of benzene rings is 5. The number of aromatic nitrogens is 4. The van der Waals surface area contributed by atoms with Gasteiger partial charge in [-0.3, -0.25) is 62.8 Å². The molecule has 7 aromatic rings. The Bertz CT molecular complexity index is 3880. The van der Waals surface area contributed by atoms with Crippen molar-refractivity contribution in [2.45, 2.75) is 123 Å². The van der Waals surface area contributed by atoms with Gasteiger partial charge in [-0.25, -0.2) is 9.97 Å². The normalized spacial score (nSPS) is 15.4. The number of unbranched alkanes of at least 4 members (excludes halogenated alkanes) is 2. The summed E-state index contributed by atoms with van der Waals surface area (Å²) in [5, 5.41) is 19.7. The van der Waals surface area contributed by atoms with Crippen LogP contribution in [0.5, 0.6) is 0 Å². The molecule has 4 aliphatic rings. The van der Waals surface area contributed by atoms with Gasteiger partial charge in [0.15, 0.2) is 0 Å². The average Bonchev–Trinajstić information content (AvgIpc) is 1.60. The summed E-state index contributed by atoms with van der Waals surface area (Å²) in [6, 6.07) is 33.7. The minimum Gasteiger partial charge on any atom is -0.354 e. The van der Waals surface area contributed by atoms with Crippen molar-refractivity contribution < 1.29 is 45.9 Å². The number of nitrogens with zero attached hydrogens (tertiary/aromatic N) is 8. The molecular formula is C76H91N15O9. The SMILES string of the molecule is [3H]CC([3H])C(=O)NCc1cc(C(=O)NCCNC(=O)CCc2cn(CCCCC3CCN(CC(=O)N4c5ccccc5NC(=O)c5ccccc54)CC3)cn2)cc(C(=O)NCCNC(=O)CCc2cn(CCCCC3CCN(CC(=O)N4c5ccccc5NC(=O)c5ccccc54)CC3)cn2)c1. The van der Waals surface area contributed by atoms with Crippen LogP contribution in [0.1, 0.15) is 151 Å². The summed E-state index contributed by atoms with van der Waals surface area (Å²) in [5.41, 5.74) is 6.88. The molecule has 2 saturated heterocycles. The molecule has 11 rings (SSSR count). The Hall–Kier alpha value is -10.3. The molecule has 7 N–H and O–H groups in total. The van der Waals surface area contributed by atoms with Gasteiger partial charge in [0.25, 0.3) is 23.6 Å². The lowest BCUT2D eigenvalue weighted by atomic mass is 9.91. The number of imidazole rings is 2. The van der Waals surface area contributed by atoms with Crippen LogP contribution < -0.4 is 47.0 Å². The van der Waals surface area contributed by atoms with Crippen molar-refractivity contribution in [3.8, 4) is 0 Å². The first kappa shape index (κ1) is 68.2. The van der Waals surface area contributed by atoms with Crippen LogP contribution in [-0.4, -0.2) is 148 Å². The predicted octanol–water partition coefficient (Wildman–Crippen LogP) is 8.69. The second-order valence-electron chi connectivity index (χ2n) is 26.1. The van der Waals surface area contributed by atoms with Crippen molar-refractivity contribution >= 4 is 87.3 Å². The molecule has 524 valence electrons. The Morgan fingerprint density at radius 3 is 1.38 bits per heavy atom. The zero-order chi connectivity index (χ0) is 71.3. The molecule has 6 heterocycles. The Labute approximate surface area is 586 Å². The summed E-state index contributed by atoms with van der Waals surface area (Å²) < 4.78 is 19.3. The number of piperidine rings is 2. The number of likely N-dealkylation sites (tertiary alicyclic amines) is 2. The number of aryl methyl sites for hydroxylation is 4. The molecule has 5 aromatic carbocycles. The molecule has 0 bridgehead atoms. The monoisotopic (exact) mass is 1360 g/mol. The standard InChI is InChI=1S/C76H91N15O9/c1-2-68(92)81-46-55-43-56(73(97)79-35-33-77-69(93)27-25-58-47-88(51-82-58)37-13-11-15-53-29-39-86(40-30-53)49-71(95)90-64-21-7-3-17-60(64)75(99)84-62-19-5-9-23-66(62)90)45-57(44-55)74(98)80-36-34-78-70(94)28-26-59-48-89(52-83-59)38-14-12-16-54-31-41-87(42-32-54)50-72(96)91-65-22-8-4-18-61(65)76(100)85-63-20-6-10-24-67(63)91/h3-10,17-24,43-45,47-48,51-54H,2,11-16,25-42,46,49-50H2,1H3,(H,77,93)(H,78,94)(H,79,97)(H,80,98)(H,81,92)(H,84,99)(H,85,100)/i1T,2T. The highest BCUT2D eigenvalue weighted by Gasteiger charge is 2.33. The van der Waals surface area contributed by atoms with E-state index in [2.05, 4.69) is 57.0 Å². The molecule has 24 heteroatoms. The van der Waals surface area contributed by atoms with Crippen molar-refractivity contribution in [1.29, 1.82) is 0 Å². The molecule has 0 spiro atoms. The second-order valence-corrected chi connectivity index (χ2v) is 26.1. The Kier molecular flexibility index (Phi) is 23.8. The molecule has 1 unspecified atom stereocenters. The number of carbonyl (C=O) groups is 9. The van der Waals surface area contributed by atoms with Gasteiger partial charge in [0, 0.05) is 91.3 Å². The van der Waals surface area contributed by atoms with Gasteiger partial charge in [-0.2, -0.15) is 0 Å². The number of para-hydroxylation sites is 6. The quantitative estimate of drug-likeness (QED) is 0.0201. The first-order valence-corrected chi connectivity index (χ1v) is 35.0.